The minimum atomic E-state index is -3.24. The van der Waals surface area contributed by atoms with Crippen LogP contribution in [-0.4, -0.2) is 48.4 Å². The predicted molar refractivity (Wildman–Crippen MR) is 111 cm³/mol. The van der Waals surface area contributed by atoms with E-state index in [1.54, 1.807) is 31.2 Å². The van der Waals surface area contributed by atoms with Crippen molar-refractivity contribution >= 4 is 15.7 Å². The van der Waals surface area contributed by atoms with Crippen molar-refractivity contribution in [3.8, 4) is 16.9 Å². The van der Waals surface area contributed by atoms with E-state index in [0.717, 1.165) is 22.4 Å². The second kappa shape index (κ2) is 7.91. The Morgan fingerprint density at radius 1 is 1.23 bits per heavy atom. The molecule has 0 unspecified atom stereocenters. The van der Waals surface area contributed by atoms with Crippen LogP contribution in [0.5, 0.6) is 5.75 Å². The van der Waals surface area contributed by atoms with Gasteiger partial charge in [-0.15, -0.1) is 0 Å². The maximum absolute atomic E-state index is 12.1. The third-order valence-corrected chi connectivity index (χ3v) is 6.04. The molecule has 0 bridgehead atoms. The minimum Gasteiger partial charge on any atom is -0.487 e. The first kappa shape index (κ1) is 20.1. The smallest absolute Gasteiger partial charge is 0.227 e. The molecule has 1 aromatic heterocycles. The lowest BCUT2D eigenvalue weighted by molar-refractivity contribution is -0.120. The van der Waals surface area contributed by atoms with E-state index in [0.29, 0.717) is 24.6 Å². The number of rotatable bonds is 6. The number of aromatic amines is 1. The van der Waals surface area contributed by atoms with E-state index >= 15 is 0 Å². The van der Waals surface area contributed by atoms with Crippen LogP contribution < -0.4 is 10.1 Å². The summed E-state index contributed by atoms with van der Waals surface area (Å²) in [4.78, 5) is 16.6. The summed E-state index contributed by atoms with van der Waals surface area (Å²) < 4.78 is 29.5. The lowest BCUT2D eigenvalue weighted by Gasteiger charge is -2.13. The van der Waals surface area contributed by atoms with Gasteiger partial charge in [0.15, 0.2) is 15.7 Å². The van der Waals surface area contributed by atoms with Crippen molar-refractivity contribution in [1.29, 1.82) is 0 Å². The molecule has 2 aromatic carbocycles. The van der Waals surface area contributed by atoms with Crippen LogP contribution in [0.25, 0.3) is 11.1 Å². The van der Waals surface area contributed by atoms with Crippen LogP contribution in [0.1, 0.15) is 17.2 Å². The largest absolute Gasteiger partial charge is 0.487 e. The Bertz CT molecular complexity index is 1190. The van der Waals surface area contributed by atoms with E-state index in [9.17, 15) is 13.2 Å². The highest BCUT2D eigenvalue weighted by molar-refractivity contribution is 7.90. The zero-order chi connectivity index (χ0) is 21.3. The molecule has 0 saturated carbocycles. The van der Waals surface area contributed by atoms with E-state index in [2.05, 4.69) is 20.5 Å². The molecule has 1 aliphatic heterocycles. The predicted octanol–water partition coefficient (Wildman–Crippen LogP) is 1.85. The number of aryl methyl sites for hydroxylation is 1. The van der Waals surface area contributed by atoms with Crippen molar-refractivity contribution < 1.29 is 17.9 Å². The molecule has 0 spiro atoms. The zero-order valence-electron chi connectivity index (χ0n) is 16.7. The van der Waals surface area contributed by atoms with Gasteiger partial charge in [0.1, 0.15) is 17.7 Å². The second-order valence-corrected chi connectivity index (χ2v) is 9.37. The molecule has 0 saturated heterocycles. The highest BCUT2D eigenvalue weighted by Gasteiger charge is 2.26. The van der Waals surface area contributed by atoms with Crippen molar-refractivity contribution in [1.82, 2.24) is 20.5 Å². The first-order chi connectivity index (χ1) is 14.3. The molecular weight excluding hydrogens is 404 g/mol. The topological polar surface area (TPSA) is 114 Å². The molecule has 156 valence electrons. The highest BCUT2D eigenvalue weighted by atomic mass is 32.2. The number of amides is 1. The van der Waals surface area contributed by atoms with Gasteiger partial charge in [-0.25, -0.2) is 13.4 Å². The monoisotopic (exact) mass is 426 g/mol. The first-order valence-electron chi connectivity index (χ1n) is 9.53. The molecule has 0 fully saturated rings. The number of benzene rings is 2. The zero-order valence-corrected chi connectivity index (χ0v) is 17.5. The van der Waals surface area contributed by atoms with E-state index in [1.165, 1.54) is 6.26 Å². The van der Waals surface area contributed by atoms with E-state index in [4.69, 9.17) is 4.74 Å². The van der Waals surface area contributed by atoms with Crippen LogP contribution >= 0.6 is 0 Å². The number of hydrogen-bond acceptors (Lipinski definition) is 6. The van der Waals surface area contributed by atoms with Gasteiger partial charge >= 0.3 is 0 Å². The summed E-state index contributed by atoms with van der Waals surface area (Å²) in [6.07, 6.45) is 1.81. The normalized spacial score (nSPS) is 15.5. The van der Waals surface area contributed by atoms with Gasteiger partial charge in [0.2, 0.25) is 5.91 Å². The molecule has 2 heterocycles. The molecule has 1 aliphatic rings. The summed E-state index contributed by atoms with van der Waals surface area (Å²) in [5, 5.41) is 9.56. The van der Waals surface area contributed by atoms with E-state index in [1.807, 2.05) is 18.2 Å². The molecular formula is C21H22N4O4S. The number of para-hydroxylation sites is 1. The first-order valence-corrected chi connectivity index (χ1v) is 11.4. The van der Waals surface area contributed by atoms with Gasteiger partial charge in [0.25, 0.3) is 0 Å². The fourth-order valence-electron chi connectivity index (χ4n) is 3.46. The Kier molecular flexibility index (Phi) is 5.29. The van der Waals surface area contributed by atoms with Gasteiger partial charge in [0, 0.05) is 18.2 Å². The van der Waals surface area contributed by atoms with Crippen LogP contribution in [0.15, 0.2) is 47.4 Å². The summed E-state index contributed by atoms with van der Waals surface area (Å²) >= 11 is 0. The van der Waals surface area contributed by atoms with Crippen molar-refractivity contribution in [2.75, 3.05) is 12.8 Å². The molecule has 9 heteroatoms. The second-order valence-electron chi connectivity index (χ2n) is 7.35. The van der Waals surface area contributed by atoms with Gasteiger partial charge in [0.05, 0.1) is 17.9 Å². The lowest BCUT2D eigenvalue weighted by Crippen LogP contribution is -2.35. The number of fused-ring (bicyclic) bond motifs is 1. The number of H-pyrrole nitrogens is 1. The number of ether oxygens (including phenoxy) is 1. The molecule has 30 heavy (non-hydrogen) atoms. The molecule has 2 N–H and O–H groups in total. The van der Waals surface area contributed by atoms with Crippen molar-refractivity contribution in [2.45, 2.75) is 30.8 Å². The lowest BCUT2D eigenvalue weighted by atomic mass is 10.0. The number of hydrogen-bond donors (Lipinski definition) is 2. The van der Waals surface area contributed by atoms with Gasteiger partial charge in [-0.2, -0.15) is 5.10 Å². The van der Waals surface area contributed by atoms with E-state index < -0.39 is 9.84 Å². The molecule has 0 aliphatic carbocycles. The average molecular weight is 426 g/mol. The third-order valence-electron chi connectivity index (χ3n) is 4.91. The fourth-order valence-corrected chi connectivity index (χ4v) is 4.09. The quantitative estimate of drug-likeness (QED) is 0.622. The number of carbonyl (C=O) groups is 1. The SMILES string of the molecule is Cc1nc(CC(=O)NC[C@@H]2Cc3cccc(-c4ccc(S(C)(=O)=O)cc4)c3O2)n[nH]1. The summed E-state index contributed by atoms with van der Waals surface area (Å²) in [6.45, 7) is 2.16. The number of sulfone groups is 1. The van der Waals surface area contributed by atoms with Crippen LogP contribution in [-0.2, 0) is 27.5 Å². The van der Waals surface area contributed by atoms with Crippen LogP contribution in [0, 0.1) is 6.92 Å². The van der Waals surface area contributed by atoms with Crippen molar-refractivity contribution in [2.24, 2.45) is 0 Å². The Balaban J connectivity index is 1.42. The Morgan fingerprint density at radius 2 is 2.00 bits per heavy atom. The fraction of sp³-hybridized carbons (Fsp3) is 0.286. The van der Waals surface area contributed by atoms with E-state index in [-0.39, 0.29) is 23.3 Å². The number of nitrogens with one attached hydrogen (secondary N) is 2. The van der Waals surface area contributed by atoms with Crippen LogP contribution in [0.4, 0.5) is 0 Å². The number of nitrogens with zero attached hydrogens (tertiary/aromatic N) is 2. The maximum Gasteiger partial charge on any atom is 0.227 e. The molecule has 1 amide bonds. The molecule has 1 atom stereocenters. The Labute approximate surface area is 174 Å². The highest BCUT2D eigenvalue weighted by Crippen LogP contribution is 2.38. The molecule has 8 nitrogen and oxygen atoms in total. The molecule has 4 rings (SSSR count). The minimum absolute atomic E-state index is 0.113. The molecule has 3 aromatic rings. The number of aromatic nitrogens is 3. The van der Waals surface area contributed by atoms with Gasteiger partial charge < -0.3 is 10.1 Å². The summed E-state index contributed by atoms with van der Waals surface area (Å²) in [7, 11) is -3.24. The maximum atomic E-state index is 12.1. The van der Waals surface area contributed by atoms with Gasteiger partial charge in [-0.1, -0.05) is 30.3 Å². The number of carbonyl (C=O) groups excluding carboxylic acids is 1. The summed E-state index contributed by atoms with van der Waals surface area (Å²) in [6, 6.07) is 12.7. The Morgan fingerprint density at radius 3 is 2.67 bits per heavy atom. The molecule has 0 radical (unpaired) electrons. The standard InChI is InChI=1S/C21H22N4O4S/c1-13-23-19(25-24-13)11-20(26)22-12-16-10-15-4-3-5-18(21(15)29-16)14-6-8-17(9-7-14)30(2,27)28/h3-9,16H,10-12H2,1-2H3,(H,22,26)(H,23,24,25)/t16-/m0/s1. The van der Waals surface area contributed by atoms with Crippen LogP contribution in [0.3, 0.4) is 0 Å². The summed E-state index contributed by atoms with van der Waals surface area (Å²) in [5.41, 5.74) is 2.84. The summed E-state index contributed by atoms with van der Waals surface area (Å²) in [5.74, 6) is 1.74. The average Bonchev–Trinajstić information content (AvgIpc) is 3.31. The third kappa shape index (κ3) is 4.35. The van der Waals surface area contributed by atoms with Crippen LogP contribution in [0.2, 0.25) is 0 Å². The van der Waals surface area contributed by atoms with Crippen molar-refractivity contribution in [3.63, 3.8) is 0 Å². The Hall–Kier alpha value is -3.20. The van der Waals surface area contributed by atoms with Gasteiger partial charge in [-0.3, -0.25) is 9.89 Å². The van der Waals surface area contributed by atoms with Crippen molar-refractivity contribution in [3.05, 3.63) is 59.7 Å². The van der Waals surface area contributed by atoms with Gasteiger partial charge in [-0.05, 0) is 30.2 Å².